The van der Waals surface area contributed by atoms with Crippen molar-refractivity contribution < 1.29 is 24.2 Å². The molecule has 2 fully saturated rings. The van der Waals surface area contributed by atoms with Gasteiger partial charge in [0.15, 0.2) is 0 Å². The van der Waals surface area contributed by atoms with Crippen LogP contribution in [0.25, 0.3) is 0 Å². The van der Waals surface area contributed by atoms with Crippen LogP contribution in [0.1, 0.15) is 38.3 Å². The molecule has 2 amide bonds. The van der Waals surface area contributed by atoms with Gasteiger partial charge in [0, 0.05) is 13.1 Å². The number of nitrogens with zero attached hydrogens (tertiary/aromatic N) is 1. The molecule has 2 saturated heterocycles. The quantitative estimate of drug-likeness (QED) is 0.608. The highest BCUT2D eigenvalue weighted by molar-refractivity contribution is 6.09. The van der Waals surface area contributed by atoms with Crippen LogP contribution < -0.4 is 5.32 Å². The van der Waals surface area contributed by atoms with Crippen LogP contribution in [0.2, 0.25) is 0 Å². The Labute approximate surface area is 152 Å². The number of amides is 2. The summed E-state index contributed by atoms with van der Waals surface area (Å²) in [5.74, 6) is -2.50. The van der Waals surface area contributed by atoms with E-state index in [2.05, 4.69) is 5.32 Å². The van der Waals surface area contributed by atoms with Gasteiger partial charge >= 0.3 is 5.97 Å². The molecule has 2 aliphatic rings. The maximum absolute atomic E-state index is 12.9. The van der Waals surface area contributed by atoms with Crippen molar-refractivity contribution in [3.8, 4) is 5.75 Å². The number of fused-ring (bicyclic) bond motifs is 1. The number of phenols is 1. The van der Waals surface area contributed by atoms with Gasteiger partial charge < -0.3 is 9.84 Å². The highest BCUT2D eigenvalue weighted by atomic mass is 16.5. The number of imide groups is 1. The third-order valence-corrected chi connectivity index (χ3v) is 5.41. The van der Waals surface area contributed by atoms with E-state index < -0.39 is 29.4 Å². The molecule has 0 aliphatic carbocycles. The molecule has 0 aromatic heterocycles. The first-order valence-electron chi connectivity index (χ1n) is 8.92. The van der Waals surface area contributed by atoms with Crippen LogP contribution >= 0.6 is 0 Å². The molecule has 0 bridgehead atoms. The number of carbonyl (C=O) groups excluding carboxylic acids is 3. The standard InChI is InChI=1S/C19H24N2O5/c1-4-10-19(18(25)26-5-2)14-13(16(23)21(3)17(14)24)15(20-19)11-6-8-12(22)9-7-11/h6-9,13-15,20,22H,4-5,10H2,1-3H3/t13-,14-,15+,19-/m0/s1. The lowest BCUT2D eigenvalue weighted by molar-refractivity contribution is -0.156. The van der Waals surface area contributed by atoms with Gasteiger partial charge in [0.25, 0.3) is 0 Å². The highest BCUT2D eigenvalue weighted by Crippen LogP contribution is 2.50. The number of aromatic hydroxyl groups is 1. The highest BCUT2D eigenvalue weighted by Gasteiger charge is 2.67. The number of phenolic OH excluding ortho intramolecular Hbond substituents is 1. The molecule has 7 nitrogen and oxygen atoms in total. The molecular weight excluding hydrogens is 336 g/mol. The van der Waals surface area contributed by atoms with Crippen molar-refractivity contribution in [2.45, 2.75) is 38.3 Å². The largest absolute Gasteiger partial charge is 0.508 e. The van der Waals surface area contributed by atoms with E-state index in [1.807, 2.05) is 6.92 Å². The van der Waals surface area contributed by atoms with Gasteiger partial charge in [0.1, 0.15) is 11.3 Å². The van der Waals surface area contributed by atoms with Crippen LogP contribution in [0.15, 0.2) is 24.3 Å². The summed E-state index contributed by atoms with van der Waals surface area (Å²) in [4.78, 5) is 39.6. The van der Waals surface area contributed by atoms with E-state index >= 15 is 0 Å². The van der Waals surface area contributed by atoms with E-state index in [0.717, 1.165) is 10.5 Å². The normalized spacial score (nSPS) is 30.6. The van der Waals surface area contributed by atoms with Crippen LogP contribution in [0.5, 0.6) is 5.75 Å². The zero-order valence-corrected chi connectivity index (χ0v) is 15.2. The molecule has 3 rings (SSSR count). The van der Waals surface area contributed by atoms with Crippen molar-refractivity contribution in [1.29, 1.82) is 0 Å². The van der Waals surface area contributed by atoms with Gasteiger partial charge in [0.2, 0.25) is 11.8 Å². The third kappa shape index (κ3) is 2.58. The molecule has 2 heterocycles. The Morgan fingerprint density at radius 3 is 2.46 bits per heavy atom. The van der Waals surface area contributed by atoms with E-state index in [1.165, 1.54) is 19.2 Å². The monoisotopic (exact) mass is 360 g/mol. The van der Waals surface area contributed by atoms with Crippen LogP contribution in [-0.2, 0) is 19.1 Å². The van der Waals surface area contributed by atoms with Gasteiger partial charge in [-0.3, -0.25) is 24.6 Å². The second-order valence-electron chi connectivity index (χ2n) is 6.89. The molecule has 4 atom stereocenters. The Balaban J connectivity index is 2.11. The van der Waals surface area contributed by atoms with E-state index in [4.69, 9.17) is 4.74 Å². The Hall–Kier alpha value is -2.41. The zero-order chi connectivity index (χ0) is 19.1. The topological polar surface area (TPSA) is 95.9 Å². The van der Waals surface area contributed by atoms with Gasteiger partial charge in [-0.25, -0.2) is 0 Å². The molecule has 0 saturated carbocycles. The van der Waals surface area contributed by atoms with Gasteiger partial charge in [-0.15, -0.1) is 0 Å². The molecule has 2 N–H and O–H groups in total. The lowest BCUT2D eigenvalue weighted by Crippen LogP contribution is -2.56. The smallest absolute Gasteiger partial charge is 0.327 e. The Morgan fingerprint density at radius 2 is 1.88 bits per heavy atom. The van der Waals surface area contributed by atoms with Crippen molar-refractivity contribution in [3.63, 3.8) is 0 Å². The van der Waals surface area contributed by atoms with Gasteiger partial charge in [0.05, 0.1) is 18.4 Å². The Kier molecular flexibility index (Phi) is 4.75. The minimum Gasteiger partial charge on any atom is -0.508 e. The molecule has 0 radical (unpaired) electrons. The number of hydrogen-bond acceptors (Lipinski definition) is 6. The van der Waals surface area contributed by atoms with Crippen LogP contribution in [-0.4, -0.2) is 47.0 Å². The SMILES string of the molecule is CCC[C@]1(C(=O)OCC)N[C@H](c2ccc(O)cc2)[C@H]2C(=O)N(C)C(=O)[C@H]21. The van der Waals surface area contributed by atoms with Crippen molar-refractivity contribution in [2.75, 3.05) is 13.7 Å². The second kappa shape index (κ2) is 6.72. The number of ether oxygens (including phenoxy) is 1. The van der Waals surface area contributed by atoms with Gasteiger partial charge in [-0.05, 0) is 31.0 Å². The minimum absolute atomic E-state index is 0.111. The van der Waals surface area contributed by atoms with Crippen molar-refractivity contribution in [1.82, 2.24) is 10.2 Å². The lowest BCUT2D eigenvalue weighted by Gasteiger charge is -2.32. The summed E-state index contributed by atoms with van der Waals surface area (Å²) in [6.07, 6.45) is 1.05. The molecule has 0 spiro atoms. The molecular formula is C19H24N2O5. The summed E-state index contributed by atoms with van der Waals surface area (Å²) in [5, 5.41) is 12.8. The van der Waals surface area contributed by atoms with Gasteiger partial charge in [-0.1, -0.05) is 25.5 Å². The molecule has 7 heteroatoms. The number of esters is 1. The fourth-order valence-electron chi connectivity index (χ4n) is 4.29. The van der Waals surface area contributed by atoms with E-state index in [-0.39, 0.29) is 24.2 Å². The maximum Gasteiger partial charge on any atom is 0.327 e. The summed E-state index contributed by atoms with van der Waals surface area (Å²) < 4.78 is 5.29. The molecule has 0 unspecified atom stereocenters. The second-order valence-corrected chi connectivity index (χ2v) is 6.89. The van der Waals surface area contributed by atoms with Gasteiger partial charge in [-0.2, -0.15) is 0 Å². The summed E-state index contributed by atoms with van der Waals surface area (Å²) in [6.45, 7) is 3.84. The fraction of sp³-hybridized carbons (Fsp3) is 0.526. The number of carbonyl (C=O) groups is 3. The number of rotatable bonds is 5. The van der Waals surface area contributed by atoms with Crippen molar-refractivity contribution >= 4 is 17.8 Å². The lowest BCUT2D eigenvalue weighted by atomic mass is 9.77. The number of likely N-dealkylation sites (tertiary alicyclic amines) is 1. The average Bonchev–Trinajstić information content (AvgIpc) is 3.07. The number of nitrogens with one attached hydrogen (secondary N) is 1. The first kappa shape index (κ1) is 18.4. The number of benzene rings is 1. The summed E-state index contributed by atoms with van der Waals surface area (Å²) in [6, 6.07) is 5.96. The molecule has 2 aliphatic heterocycles. The number of hydrogen-bond donors (Lipinski definition) is 2. The average molecular weight is 360 g/mol. The zero-order valence-electron chi connectivity index (χ0n) is 15.2. The fourth-order valence-corrected chi connectivity index (χ4v) is 4.29. The van der Waals surface area contributed by atoms with E-state index in [0.29, 0.717) is 12.8 Å². The summed E-state index contributed by atoms with van der Waals surface area (Å²) >= 11 is 0. The van der Waals surface area contributed by atoms with Crippen molar-refractivity contribution in [3.05, 3.63) is 29.8 Å². The van der Waals surface area contributed by atoms with Crippen molar-refractivity contribution in [2.24, 2.45) is 11.8 Å². The third-order valence-electron chi connectivity index (χ3n) is 5.41. The predicted octanol–water partition coefficient (Wildman–Crippen LogP) is 1.37. The first-order chi connectivity index (χ1) is 12.4. The molecule has 1 aromatic carbocycles. The van der Waals surface area contributed by atoms with E-state index in [9.17, 15) is 19.5 Å². The molecule has 140 valence electrons. The van der Waals surface area contributed by atoms with Crippen LogP contribution in [0.3, 0.4) is 0 Å². The first-order valence-corrected chi connectivity index (χ1v) is 8.92. The molecule has 26 heavy (non-hydrogen) atoms. The maximum atomic E-state index is 12.9. The minimum atomic E-state index is -1.23. The Morgan fingerprint density at radius 1 is 1.23 bits per heavy atom. The summed E-state index contributed by atoms with van der Waals surface area (Å²) in [5.41, 5.74) is -0.480. The van der Waals surface area contributed by atoms with E-state index in [1.54, 1.807) is 19.1 Å². The predicted molar refractivity (Wildman–Crippen MR) is 93.0 cm³/mol. The van der Waals surface area contributed by atoms with Crippen LogP contribution in [0, 0.1) is 11.8 Å². The Bertz CT molecular complexity index is 732. The molecule has 1 aromatic rings. The summed E-state index contributed by atoms with van der Waals surface area (Å²) in [7, 11) is 1.46. The van der Waals surface area contributed by atoms with Crippen LogP contribution in [0.4, 0.5) is 0 Å².